The summed E-state index contributed by atoms with van der Waals surface area (Å²) in [7, 11) is 0. The van der Waals surface area contributed by atoms with Crippen LogP contribution in [0.25, 0.3) is 0 Å². The third kappa shape index (κ3) is 2.83. The Morgan fingerprint density at radius 3 is 3.05 bits per heavy atom. The normalized spacial score (nSPS) is 31.3. The lowest BCUT2D eigenvalue weighted by Crippen LogP contribution is -2.37. The van der Waals surface area contributed by atoms with Gasteiger partial charge in [-0.2, -0.15) is 0 Å². The van der Waals surface area contributed by atoms with Crippen molar-refractivity contribution in [3.63, 3.8) is 0 Å². The second-order valence-corrected chi connectivity index (χ2v) is 6.04. The van der Waals surface area contributed by atoms with Gasteiger partial charge in [0, 0.05) is 25.7 Å². The molecule has 0 amide bonds. The van der Waals surface area contributed by atoms with Crippen LogP contribution in [0.3, 0.4) is 0 Å². The molecule has 2 atom stereocenters. The predicted molar refractivity (Wildman–Crippen MR) is 72.1 cm³/mol. The number of nitrogens with zero attached hydrogens (tertiary/aromatic N) is 2. The van der Waals surface area contributed by atoms with Crippen molar-refractivity contribution in [2.45, 2.75) is 44.4 Å². The second kappa shape index (κ2) is 5.23. The maximum Gasteiger partial charge on any atom is 0.111 e. The van der Waals surface area contributed by atoms with Crippen LogP contribution in [0.4, 0.5) is 0 Å². The third-order valence-electron chi connectivity index (χ3n) is 4.02. The molecule has 1 aromatic heterocycles. The fourth-order valence-electron chi connectivity index (χ4n) is 3.06. The van der Waals surface area contributed by atoms with Gasteiger partial charge in [-0.15, -0.1) is 0 Å². The molecule has 1 aromatic rings. The number of rotatable bonds is 2. The average Bonchev–Trinajstić information content (AvgIpc) is 2.88. The van der Waals surface area contributed by atoms with Gasteiger partial charge >= 0.3 is 0 Å². The van der Waals surface area contributed by atoms with E-state index in [1.807, 2.05) is 12.5 Å². The molecule has 2 aliphatic rings. The van der Waals surface area contributed by atoms with Crippen LogP contribution in [-0.2, 0) is 9.47 Å². The van der Waals surface area contributed by atoms with Gasteiger partial charge in [-0.3, -0.25) is 0 Å². The Bertz CT molecular complexity index is 424. The van der Waals surface area contributed by atoms with Gasteiger partial charge in [0.15, 0.2) is 0 Å². The van der Waals surface area contributed by atoms with Gasteiger partial charge in [-0.1, -0.05) is 0 Å². The van der Waals surface area contributed by atoms with E-state index < -0.39 is 0 Å². The van der Waals surface area contributed by atoms with E-state index in [0.29, 0.717) is 6.04 Å². The molecule has 1 N–H and O–H groups in total. The lowest BCUT2D eigenvalue weighted by molar-refractivity contribution is -0.0708. The summed E-state index contributed by atoms with van der Waals surface area (Å²) in [5.41, 5.74) is 1.14. The van der Waals surface area contributed by atoms with Crippen LogP contribution in [0.5, 0.6) is 0 Å². The third-order valence-corrected chi connectivity index (χ3v) is 4.02. The molecular formula is C14H23N3O2. The van der Waals surface area contributed by atoms with Crippen LogP contribution in [0, 0.1) is 0 Å². The Hall–Kier alpha value is -0.910. The minimum Gasteiger partial charge on any atom is -0.375 e. The first kappa shape index (κ1) is 13.1. The zero-order valence-electron chi connectivity index (χ0n) is 11.8. The van der Waals surface area contributed by atoms with Crippen molar-refractivity contribution >= 4 is 0 Å². The Kier molecular flexibility index (Phi) is 3.60. The maximum absolute atomic E-state index is 5.85. The number of morpholine rings is 1. The summed E-state index contributed by atoms with van der Waals surface area (Å²) in [6.07, 6.45) is 6.09. The fourth-order valence-corrected chi connectivity index (χ4v) is 3.06. The van der Waals surface area contributed by atoms with Crippen LogP contribution < -0.4 is 5.32 Å². The van der Waals surface area contributed by atoms with Gasteiger partial charge in [0.05, 0.1) is 30.4 Å². The number of imidazole rings is 1. The average molecular weight is 265 g/mol. The van der Waals surface area contributed by atoms with Crippen molar-refractivity contribution in [2.75, 3.05) is 26.3 Å². The molecule has 3 heterocycles. The first-order valence-corrected chi connectivity index (χ1v) is 7.14. The molecule has 106 valence electrons. The van der Waals surface area contributed by atoms with Gasteiger partial charge in [-0.05, 0) is 26.7 Å². The highest BCUT2D eigenvalue weighted by atomic mass is 16.5. The van der Waals surface area contributed by atoms with E-state index in [0.717, 1.165) is 39.1 Å². The van der Waals surface area contributed by atoms with Crippen LogP contribution >= 0.6 is 0 Å². The van der Waals surface area contributed by atoms with Crippen molar-refractivity contribution in [3.05, 3.63) is 18.2 Å². The van der Waals surface area contributed by atoms with Gasteiger partial charge in [0.2, 0.25) is 0 Å². The molecular weight excluding hydrogens is 242 g/mol. The first-order valence-electron chi connectivity index (χ1n) is 7.14. The van der Waals surface area contributed by atoms with Gasteiger partial charge < -0.3 is 19.4 Å². The highest BCUT2D eigenvalue weighted by molar-refractivity contribution is 5.07. The van der Waals surface area contributed by atoms with Crippen molar-refractivity contribution in [2.24, 2.45) is 0 Å². The Morgan fingerprint density at radius 1 is 1.42 bits per heavy atom. The molecule has 0 aromatic carbocycles. The molecule has 0 spiro atoms. The summed E-state index contributed by atoms with van der Waals surface area (Å²) < 4.78 is 13.9. The summed E-state index contributed by atoms with van der Waals surface area (Å²) in [6, 6.07) is 0.465. The monoisotopic (exact) mass is 265 g/mol. The molecule has 2 aliphatic heterocycles. The van der Waals surface area contributed by atoms with E-state index in [-0.39, 0.29) is 11.7 Å². The molecule has 0 aliphatic carbocycles. The Morgan fingerprint density at radius 2 is 2.32 bits per heavy atom. The molecule has 0 bridgehead atoms. The molecule has 5 heteroatoms. The number of nitrogens with one attached hydrogen (secondary N) is 1. The number of hydrogen-bond acceptors (Lipinski definition) is 4. The summed E-state index contributed by atoms with van der Waals surface area (Å²) in [5, 5.41) is 3.38. The molecule has 2 unspecified atom stereocenters. The minimum absolute atomic E-state index is 0.0455. The van der Waals surface area contributed by atoms with E-state index in [9.17, 15) is 0 Å². The Balaban J connectivity index is 1.79. The molecule has 2 saturated heterocycles. The smallest absolute Gasteiger partial charge is 0.111 e. The fraction of sp³-hybridized carbons (Fsp3) is 0.786. The molecule has 3 rings (SSSR count). The summed E-state index contributed by atoms with van der Waals surface area (Å²) in [4.78, 5) is 4.33. The van der Waals surface area contributed by atoms with Crippen molar-refractivity contribution < 1.29 is 9.47 Å². The molecule has 5 nitrogen and oxygen atoms in total. The predicted octanol–water partition coefficient (Wildman–Crippen LogP) is 1.67. The molecule has 2 fully saturated rings. The van der Waals surface area contributed by atoms with E-state index in [2.05, 4.69) is 28.7 Å². The standard InChI is InChI=1S/C14H23N3O2/c1-14(2)7-11(3-5-19-14)17-10-16-8-12(17)13-9-15-4-6-18-13/h8,10-11,13,15H,3-7,9H2,1-2H3. The highest BCUT2D eigenvalue weighted by Gasteiger charge is 2.32. The van der Waals surface area contributed by atoms with Crippen molar-refractivity contribution in [1.82, 2.24) is 14.9 Å². The van der Waals surface area contributed by atoms with Crippen LogP contribution in [-0.4, -0.2) is 41.5 Å². The maximum atomic E-state index is 5.85. The second-order valence-electron chi connectivity index (χ2n) is 6.04. The first-order chi connectivity index (χ1) is 9.16. The van der Waals surface area contributed by atoms with Crippen LogP contribution in [0.15, 0.2) is 12.5 Å². The molecule has 0 radical (unpaired) electrons. The minimum atomic E-state index is -0.0455. The van der Waals surface area contributed by atoms with E-state index in [1.54, 1.807) is 0 Å². The van der Waals surface area contributed by atoms with Crippen molar-refractivity contribution in [3.8, 4) is 0 Å². The van der Waals surface area contributed by atoms with Gasteiger partial charge in [0.1, 0.15) is 6.10 Å². The SMILES string of the molecule is CC1(C)CC(n2cncc2C2CNCCO2)CCO1. The zero-order chi connectivity index (χ0) is 13.3. The zero-order valence-corrected chi connectivity index (χ0v) is 11.8. The van der Waals surface area contributed by atoms with Crippen molar-refractivity contribution in [1.29, 1.82) is 0 Å². The Labute approximate surface area is 114 Å². The van der Waals surface area contributed by atoms with Gasteiger partial charge in [0.25, 0.3) is 0 Å². The molecule has 0 saturated carbocycles. The number of hydrogen-bond donors (Lipinski definition) is 1. The van der Waals surface area contributed by atoms with E-state index >= 15 is 0 Å². The summed E-state index contributed by atoms with van der Waals surface area (Å²) in [6.45, 7) is 7.73. The summed E-state index contributed by atoms with van der Waals surface area (Å²) >= 11 is 0. The lowest BCUT2D eigenvalue weighted by atomic mass is 9.93. The topological polar surface area (TPSA) is 48.3 Å². The lowest BCUT2D eigenvalue weighted by Gasteiger charge is -2.37. The number of ether oxygens (including phenoxy) is 2. The van der Waals surface area contributed by atoms with Crippen LogP contribution in [0.1, 0.15) is 44.5 Å². The quantitative estimate of drug-likeness (QED) is 0.884. The number of aromatic nitrogens is 2. The van der Waals surface area contributed by atoms with E-state index in [4.69, 9.17) is 9.47 Å². The molecule has 19 heavy (non-hydrogen) atoms. The van der Waals surface area contributed by atoms with Crippen LogP contribution in [0.2, 0.25) is 0 Å². The van der Waals surface area contributed by atoms with E-state index in [1.165, 1.54) is 5.69 Å². The van der Waals surface area contributed by atoms with Gasteiger partial charge in [-0.25, -0.2) is 4.98 Å². The highest BCUT2D eigenvalue weighted by Crippen LogP contribution is 2.34. The summed E-state index contributed by atoms with van der Waals surface area (Å²) in [5.74, 6) is 0. The largest absolute Gasteiger partial charge is 0.375 e.